The fraction of sp³-hybridized carbons (Fsp3) is 0.438. The Labute approximate surface area is 131 Å². The molecule has 1 aromatic carbocycles. The second-order valence-electron chi connectivity index (χ2n) is 5.08. The minimum Gasteiger partial charge on any atom is -0.492 e. The molecule has 0 radical (unpaired) electrons. The summed E-state index contributed by atoms with van der Waals surface area (Å²) in [6.45, 7) is 3.71. The first kappa shape index (κ1) is 15.9. The van der Waals surface area contributed by atoms with Crippen molar-refractivity contribution in [1.29, 1.82) is 0 Å². The smallest absolute Gasteiger partial charge is 0.120 e. The molecule has 4 nitrogen and oxygen atoms in total. The Morgan fingerprint density at radius 1 is 1.43 bits per heavy atom. The van der Waals surface area contributed by atoms with E-state index in [9.17, 15) is 0 Å². The van der Waals surface area contributed by atoms with Gasteiger partial charge in [0.1, 0.15) is 18.2 Å². The van der Waals surface area contributed by atoms with E-state index >= 15 is 0 Å². The summed E-state index contributed by atoms with van der Waals surface area (Å²) in [7, 11) is 2.01. The predicted octanol–water partition coefficient (Wildman–Crippen LogP) is 3.06. The van der Waals surface area contributed by atoms with Gasteiger partial charge in [-0.2, -0.15) is 0 Å². The first-order valence-corrected chi connectivity index (χ1v) is 7.64. The number of aryl methyl sites for hydroxylation is 1. The number of nitrogens with one attached hydrogen (secondary N) is 1. The Morgan fingerprint density at radius 3 is 2.95 bits per heavy atom. The van der Waals surface area contributed by atoms with Crippen molar-refractivity contribution in [1.82, 2.24) is 14.9 Å². The number of ether oxygens (including phenoxy) is 1. The van der Waals surface area contributed by atoms with Gasteiger partial charge in [-0.1, -0.05) is 24.6 Å². The van der Waals surface area contributed by atoms with Crippen molar-refractivity contribution >= 4 is 11.6 Å². The quantitative estimate of drug-likeness (QED) is 0.814. The zero-order chi connectivity index (χ0) is 15.1. The van der Waals surface area contributed by atoms with Crippen LogP contribution in [0.2, 0.25) is 5.02 Å². The maximum atomic E-state index is 5.97. The van der Waals surface area contributed by atoms with Gasteiger partial charge < -0.3 is 14.6 Å². The first-order valence-electron chi connectivity index (χ1n) is 7.27. The third kappa shape index (κ3) is 5.06. The molecular weight excluding hydrogens is 286 g/mol. The number of halogens is 1. The second-order valence-corrected chi connectivity index (χ2v) is 5.51. The molecule has 1 unspecified atom stereocenters. The normalized spacial score (nSPS) is 12.3. The van der Waals surface area contributed by atoms with Gasteiger partial charge in [0.05, 0.1) is 0 Å². The Kier molecular flexibility index (Phi) is 6.08. The Hall–Kier alpha value is -1.52. The molecule has 1 aromatic heterocycles. The highest BCUT2D eigenvalue weighted by Crippen LogP contribution is 2.17. The van der Waals surface area contributed by atoms with E-state index in [2.05, 4.69) is 17.2 Å². The standard InChI is InChI=1S/C16H22ClN3O/c1-3-7-18-14(11-16-19-8-9-20(16)2)12-21-15-6-4-5-13(17)10-15/h4-6,8-10,14,18H,3,7,11-12H2,1-2H3. The van der Waals surface area contributed by atoms with Crippen LogP contribution in [0, 0.1) is 0 Å². The molecule has 0 saturated carbocycles. The van der Waals surface area contributed by atoms with E-state index in [-0.39, 0.29) is 6.04 Å². The van der Waals surface area contributed by atoms with Gasteiger partial charge in [0, 0.05) is 36.9 Å². The minimum absolute atomic E-state index is 0.227. The van der Waals surface area contributed by atoms with Crippen molar-refractivity contribution in [3.63, 3.8) is 0 Å². The number of rotatable bonds is 8. The minimum atomic E-state index is 0.227. The van der Waals surface area contributed by atoms with Crippen LogP contribution >= 0.6 is 11.6 Å². The van der Waals surface area contributed by atoms with Gasteiger partial charge in [-0.15, -0.1) is 0 Å². The van der Waals surface area contributed by atoms with Crippen LogP contribution in [0.4, 0.5) is 0 Å². The summed E-state index contributed by atoms with van der Waals surface area (Å²) in [6.07, 6.45) is 5.71. The van der Waals surface area contributed by atoms with E-state index in [1.54, 1.807) is 0 Å². The molecular formula is C16H22ClN3O. The number of hydrogen-bond donors (Lipinski definition) is 1. The molecule has 21 heavy (non-hydrogen) atoms. The van der Waals surface area contributed by atoms with Crippen LogP contribution in [-0.4, -0.2) is 28.7 Å². The average Bonchev–Trinajstić information content (AvgIpc) is 2.87. The lowest BCUT2D eigenvalue weighted by atomic mass is 10.2. The van der Waals surface area contributed by atoms with Crippen molar-refractivity contribution < 1.29 is 4.74 Å². The molecule has 1 N–H and O–H groups in total. The van der Waals surface area contributed by atoms with Gasteiger partial charge in [0.15, 0.2) is 0 Å². The summed E-state index contributed by atoms with van der Waals surface area (Å²) in [4.78, 5) is 4.38. The Morgan fingerprint density at radius 2 is 2.29 bits per heavy atom. The summed E-state index contributed by atoms with van der Waals surface area (Å²) in [5.74, 6) is 1.85. The molecule has 0 bridgehead atoms. The van der Waals surface area contributed by atoms with E-state index in [0.29, 0.717) is 11.6 Å². The van der Waals surface area contributed by atoms with Gasteiger partial charge in [0.2, 0.25) is 0 Å². The SMILES string of the molecule is CCCNC(COc1cccc(Cl)c1)Cc1nccn1C. The second kappa shape index (κ2) is 8.05. The fourth-order valence-electron chi connectivity index (χ4n) is 2.11. The van der Waals surface area contributed by atoms with Crippen LogP contribution in [0.15, 0.2) is 36.7 Å². The lowest BCUT2D eigenvalue weighted by Crippen LogP contribution is -2.37. The molecule has 0 aliphatic carbocycles. The number of imidazole rings is 1. The van der Waals surface area contributed by atoms with Crippen LogP contribution in [0.25, 0.3) is 0 Å². The lowest BCUT2D eigenvalue weighted by molar-refractivity contribution is 0.261. The van der Waals surface area contributed by atoms with Gasteiger partial charge in [0.25, 0.3) is 0 Å². The van der Waals surface area contributed by atoms with Crippen molar-refractivity contribution in [2.24, 2.45) is 7.05 Å². The summed E-state index contributed by atoms with van der Waals surface area (Å²) >= 11 is 5.97. The number of hydrogen-bond acceptors (Lipinski definition) is 3. The maximum absolute atomic E-state index is 5.97. The molecule has 5 heteroatoms. The van der Waals surface area contributed by atoms with Crippen LogP contribution < -0.4 is 10.1 Å². The Balaban J connectivity index is 1.94. The zero-order valence-corrected chi connectivity index (χ0v) is 13.3. The molecule has 0 fully saturated rings. The molecule has 1 heterocycles. The maximum Gasteiger partial charge on any atom is 0.120 e. The largest absolute Gasteiger partial charge is 0.492 e. The van der Waals surface area contributed by atoms with Crippen LogP contribution in [0.1, 0.15) is 19.2 Å². The topological polar surface area (TPSA) is 39.1 Å². The van der Waals surface area contributed by atoms with Crippen molar-refractivity contribution in [3.05, 3.63) is 47.5 Å². The zero-order valence-electron chi connectivity index (χ0n) is 12.6. The fourth-order valence-corrected chi connectivity index (χ4v) is 2.29. The summed E-state index contributed by atoms with van der Waals surface area (Å²) in [5, 5.41) is 4.20. The van der Waals surface area contributed by atoms with Gasteiger partial charge in [-0.25, -0.2) is 4.98 Å². The third-order valence-electron chi connectivity index (χ3n) is 3.28. The first-order chi connectivity index (χ1) is 10.2. The summed E-state index contributed by atoms with van der Waals surface area (Å²) in [6, 6.07) is 7.72. The van der Waals surface area contributed by atoms with Crippen molar-refractivity contribution in [2.45, 2.75) is 25.8 Å². The van der Waals surface area contributed by atoms with Gasteiger partial charge in [-0.05, 0) is 31.2 Å². The monoisotopic (exact) mass is 307 g/mol. The number of aromatic nitrogens is 2. The molecule has 0 saturated heterocycles. The molecule has 2 rings (SSSR count). The highest BCUT2D eigenvalue weighted by Gasteiger charge is 2.12. The van der Waals surface area contributed by atoms with Crippen molar-refractivity contribution in [3.8, 4) is 5.75 Å². The molecule has 0 spiro atoms. The summed E-state index contributed by atoms with van der Waals surface area (Å²) in [5.41, 5.74) is 0. The average molecular weight is 308 g/mol. The van der Waals surface area contributed by atoms with E-state index in [1.165, 1.54) is 0 Å². The number of nitrogens with zero attached hydrogens (tertiary/aromatic N) is 2. The molecule has 2 aromatic rings. The highest BCUT2D eigenvalue weighted by atomic mass is 35.5. The van der Waals surface area contributed by atoms with E-state index < -0.39 is 0 Å². The molecule has 0 aliphatic rings. The molecule has 0 aliphatic heterocycles. The lowest BCUT2D eigenvalue weighted by Gasteiger charge is -2.19. The Bertz CT molecular complexity index is 556. The van der Waals surface area contributed by atoms with E-state index in [0.717, 1.165) is 31.0 Å². The van der Waals surface area contributed by atoms with Crippen LogP contribution in [-0.2, 0) is 13.5 Å². The van der Waals surface area contributed by atoms with Crippen LogP contribution in [0.5, 0.6) is 5.75 Å². The number of benzene rings is 1. The van der Waals surface area contributed by atoms with Gasteiger partial charge >= 0.3 is 0 Å². The molecule has 114 valence electrons. The van der Waals surface area contributed by atoms with Gasteiger partial charge in [-0.3, -0.25) is 0 Å². The van der Waals surface area contributed by atoms with E-state index in [1.807, 2.05) is 48.3 Å². The molecule has 0 amide bonds. The highest BCUT2D eigenvalue weighted by molar-refractivity contribution is 6.30. The third-order valence-corrected chi connectivity index (χ3v) is 3.52. The van der Waals surface area contributed by atoms with Crippen molar-refractivity contribution in [2.75, 3.05) is 13.2 Å². The molecule has 1 atom stereocenters. The van der Waals surface area contributed by atoms with Crippen LogP contribution in [0.3, 0.4) is 0 Å². The van der Waals surface area contributed by atoms with E-state index in [4.69, 9.17) is 16.3 Å². The summed E-state index contributed by atoms with van der Waals surface area (Å²) < 4.78 is 7.89. The predicted molar refractivity (Wildman–Crippen MR) is 85.9 cm³/mol.